The van der Waals surface area contributed by atoms with Crippen LogP contribution in [-0.4, -0.2) is 49.5 Å². The minimum Gasteiger partial charge on any atom is -0.468 e. The zero-order valence-electron chi connectivity index (χ0n) is 33.9. The zero-order valence-corrected chi connectivity index (χ0v) is 35.5. The summed E-state index contributed by atoms with van der Waals surface area (Å²) in [4.78, 5) is 78.7. The highest BCUT2D eigenvalue weighted by atomic mass is 32.2. The van der Waals surface area contributed by atoms with E-state index in [9.17, 15) is 34.0 Å². The number of hydrogen-bond acceptors (Lipinski definition) is 15. The summed E-state index contributed by atoms with van der Waals surface area (Å²) >= 11 is 2.01. The molecule has 0 amide bonds. The molecule has 6 rings (SSSR count). The second-order valence-corrected chi connectivity index (χ2v) is 15.5. The van der Waals surface area contributed by atoms with Crippen LogP contribution >= 0.6 is 23.5 Å². The summed E-state index contributed by atoms with van der Waals surface area (Å²) in [6.45, 7) is 15.4. The Morgan fingerprint density at radius 1 is 0.631 bits per heavy atom. The molecule has 5 aromatic rings. The van der Waals surface area contributed by atoms with Gasteiger partial charge >= 0.3 is 29.8 Å². The number of carbonyl (C=O) groups is 6. The number of ether oxygens (including phenoxy) is 6. The van der Waals surface area contributed by atoms with Gasteiger partial charge in [0.05, 0.1) is 67.7 Å². The highest BCUT2D eigenvalue weighted by Crippen LogP contribution is 2.59. The molecule has 0 unspecified atom stereocenters. The Labute approximate surface area is 380 Å². The summed E-state index contributed by atoms with van der Waals surface area (Å²) in [5.41, 5.74) is 4.51. The first-order chi connectivity index (χ1) is 31.5. The number of nitriles is 1. The molecule has 0 bridgehead atoms. The van der Waals surface area contributed by atoms with Gasteiger partial charge in [-0.15, -0.1) is 5.73 Å². The third-order valence-electron chi connectivity index (χ3n) is 8.94. The molecular formula is C49H32N2O12S2. The fraction of sp³-hybridized carbons (Fsp3) is 0.0816. The van der Waals surface area contributed by atoms with Crippen LogP contribution in [0.15, 0.2) is 148 Å². The molecule has 0 spiro atoms. The lowest BCUT2D eigenvalue weighted by Crippen LogP contribution is -2.12. The Morgan fingerprint density at radius 2 is 1.06 bits per heavy atom. The largest absolute Gasteiger partial charge is 0.468 e. The molecule has 1 aliphatic rings. The maximum absolute atomic E-state index is 13.4. The summed E-state index contributed by atoms with van der Waals surface area (Å²) in [5, 5.41) is 9.59. The van der Waals surface area contributed by atoms with E-state index in [0.717, 1.165) is 29.1 Å². The molecule has 16 heteroatoms. The van der Waals surface area contributed by atoms with Crippen molar-refractivity contribution in [2.24, 2.45) is 0 Å². The summed E-state index contributed by atoms with van der Waals surface area (Å²) in [6, 6.07) is 28.6. The fourth-order valence-electron chi connectivity index (χ4n) is 5.61. The van der Waals surface area contributed by atoms with Gasteiger partial charge in [-0.05, 0) is 115 Å². The Balaban J connectivity index is 1.08. The summed E-state index contributed by atoms with van der Waals surface area (Å²) < 4.78 is 32.5. The highest BCUT2D eigenvalue weighted by Gasteiger charge is 2.30. The van der Waals surface area contributed by atoms with E-state index >= 15 is 0 Å². The second-order valence-electron chi connectivity index (χ2n) is 13.2. The number of fused-ring (bicyclic) bond motifs is 1. The predicted octanol–water partition coefficient (Wildman–Crippen LogP) is 9.68. The van der Waals surface area contributed by atoms with Gasteiger partial charge in [0.15, 0.2) is 0 Å². The van der Waals surface area contributed by atoms with E-state index in [0.29, 0.717) is 40.2 Å². The fourth-order valence-corrected chi connectivity index (χ4v) is 8.08. The normalized spacial score (nSPS) is 11.8. The van der Waals surface area contributed by atoms with Crippen molar-refractivity contribution < 1.29 is 57.2 Å². The van der Waals surface area contributed by atoms with Gasteiger partial charge in [0.2, 0.25) is 0 Å². The molecule has 0 aliphatic carbocycles. The SMILES string of the molecule is [C-]#[N+]/C(C#N)=C1/Sc2c(OC(=O)c3ccc(OC(=O)c4ccc(C=C=C)cc4)cc3)ccc(OC(=O)c3ccc(OC(=O)c4ccc(C(=C)C(=O)OCCCCOC=O)cc4)cc3)c2S1. The molecule has 65 heavy (non-hydrogen) atoms. The Kier molecular flexibility index (Phi) is 15.7. The van der Waals surface area contributed by atoms with Crippen LogP contribution in [0, 0.1) is 17.9 Å². The van der Waals surface area contributed by atoms with Crippen LogP contribution in [0.3, 0.4) is 0 Å². The second kappa shape index (κ2) is 22.1. The van der Waals surface area contributed by atoms with E-state index in [-0.39, 0.29) is 68.4 Å². The molecular weight excluding hydrogens is 873 g/mol. The average Bonchev–Trinajstić information content (AvgIpc) is 3.78. The Bertz CT molecular complexity index is 2840. The maximum Gasteiger partial charge on any atom is 0.343 e. The monoisotopic (exact) mass is 904 g/mol. The van der Waals surface area contributed by atoms with Gasteiger partial charge in [0.25, 0.3) is 12.2 Å². The molecule has 5 aromatic carbocycles. The molecule has 322 valence electrons. The lowest BCUT2D eigenvalue weighted by atomic mass is 10.1. The van der Waals surface area contributed by atoms with Crippen molar-refractivity contribution in [2.45, 2.75) is 22.6 Å². The van der Waals surface area contributed by atoms with Crippen LogP contribution in [0.5, 0.6) is 23.0 Å². The molecule has 0 N–H and O–H groups in total. The molecule has 0 radical (unpaired) electrons. The number of unbranched alkanes of at least 4 members (excludes halogenated alkanes) is 1. The minimum atomic E-state index is -0.785. The number of hydrogen-bond donors (Lipinski definition) is 0. The van der Waals surface area contributed by atoms with E-state index in [2.05, 4.69) is 28.5 Å². The van der Waals surface area contributed by atoms with Gasteiger partial charge in [-0.25, -0.2) is 34.1 Å². The van der Waals surface area contributed by atoms with Crippen molar-refractivity contribution in [2.75, 3.05) is 13.2 Å². The molecule has 0 saturated carbocycles. The van der Waals surface area contributed by atoms with E-state index in [1.165, 1.54) is 84.9 Å². The minimum absolute atomic E-state index is 0.0635. The molecule has 0 fully saturated rings. The van der Waals surface area contributed by atoms with Crippen LogP contribution in [0.4, 0.5) is 0 Å². The van der Waals surface area contributed by atoms with Crippen molar-refractivity contribution in [3.8, 4) is 29.1 Å². The van der Waals surface area contributed by atoms with E-state index in [1.54, 1.807) is 30.3 Å². The van der Waals surface area contributed by atoms with Crippen LogP contribution in [0.2, 0.25) is 0 Å². The quantitative estimate of drug-likeness (QED) is 0.0125. The van der Waals surface area contributed by atoms with Gasteiger partial charge in [-0.1, -0.05) is 60.9 Å². The highest BCUT2D eigenvalue weighted by molar-refractivity contribution is 8.24. The average molecular weight is 905 g/mol. The van der Waals surface area contributed by atoms with Crippen LogP contribution < -0.4 is 18.9 Å². The number of benzene rings is 5. The first kappa shape index (κ1) is 46.1. The Hall–Kier alpha value is -8.40. The first-order valence-electron chi connectivity index (χ1n) is 19.1. The number of allylic oxidation sites excluding steroid dienone is 1. The molecule has 1 heterocycles. The molecule has 0 atom stereocenters. The third-order valence-corrected chi connectivity index (χ3v) is 11.5. The van der Waals surface area contributed by atoms with Gasteiger partial charge in [-0.3, -0.25) is 4.79 Å². The van der Waals surface area contributed by atoms with E-state index in [4.69, 9.17) is 30.3 Å². The first-order valence-corrected chi connectivity index (χ1v) is 20.8. The number of nitrogens with zero attached hydrogens (tertiary/aromatic N) is 2. The third kappa shape index (κ3) is 12.0. The molecule has 0 aromatic heterocycles. The van der Waals surface area contributed by atoms with E-state index in [1.807, 2.05) is 6.07 Å². The zero-order chi connectivity index (χ0) is 46.3. The number of esters is 5. The lowest BCUT2D eigenvalue weighted by molar-refractivity contribution is -0.137. The van der Waals surface area contributed by atoms with Crippen LogP contribution in [-0.2, 0) is 19.1 Å². The molecule has 14 nitrogen and oxygen atoms in total. The number of carbonyl (C=O) groups excluding carboxylic acids is 6. The van der Waals surface area contributed by atoms with Gasteiger partial charge < -0.3 is 28.4 Å². The Morgan fingerprint density at radius 3 is 1.51 bits per heavy atom. The van der Waals surface area contributed by atoms with Crippen molar-refractivity contribution in [3.05, 3.63) is 183 Å². The van der Waals surface area contributed by atoms with Crippen molar-refractivity contribution >= 4 is 71.5 Å². The molecule has 1 aliphatic heterocycles. The van der Waals surface area contributed by atoms with Gasteiger partial charge in [0, 0.05) is 0 Å². The van der Waals surface area contributed by atoms with Crippen LogP contribution in [0.25, 0.3) is 16.5 Å². The lowest BCUT2D eigenvalue weighted by Gasteiger charge is -2.12. The summed E-state index contributed by atoms with van der Waals surface area (Å²) in [7, 11) is 0. The van der Waals surface area contributed by atoms with Crippen molar-refractivity contribution in [1.82, 2.24) is 0 Å². The number of rotatable bonds is 17. The number of thioether (sulfide) groups is 2. The predicted molar refractivity (Wildman–Crippen MR) is 238 cm³/mol. The van der Waals surface area contributed by atoms with Gasteiger partial charge in [0.1, 0.15) is 23.0 Å². The standard InChI is InChI=1S/C49H32N2O12S2/c1-4-7-31-8-10-33(11-9-31)45(54)60-37-20-16-35(17-21-37)47(56)62-40-24-25-41(43-42(40)64-49(65-43)39(28-50)51-3)63-48(57)36-18-22-38(23-19-36)61-46(55)34-14-12-32(13-15-34)30(2)44(53)59-27-6-5-26-58-29-52/h7-25,29H,1-2,5-6,26-27H2/b49-39-. The topological polar surface area (TPSA) is 186 Å². The summed E-state index contributed by atoms with van der Waals surface area (Å²) in [6.07, 6.45) is 2.70. The van der Waals surface area contributed by atoms with Gasteiger partial charge in [-0.2, -0.15) is 0 Å². The van der Waals surface area contributed by atoms with Crippen molar-refractivity contribution in [3.63, 3.8) is 0 Å². The maximum atomic E-state index is 13.4. The molecule has 0 saturated heterocycles. The van der Waals surface area contributed by atoms with Crippen LogP contribution in [0.1, 0.15) is 65.4 Å². The summed E-state index contributed by atoms with van der Waals surface area (Å²) in [5.74, 6) is -3.03. The van der Waals surface area contributed by atoms with E-state index < -0.39 is 29.8 Å². The van der Waals surface area contributed by atoms with Crippen molar-refractivity contribution in [1.29, 1.82) is 5.26 Å². The smallest absolute Gasteiger partial charge is 0.343 e.